The number of aromatic amines is 1. The van der Waals surface area contributed by atoms with Gasteiger partial charge in [0.2, 0.25) is 0 Å². The number of hydrogen-bond acceptors (Lipinski definition) is 5. The number of likely N-dealkylation sites (tertiary alicyclic amines) is 1. The Labute approximate surface area is 152 Å². The van der Waals surface area contributed by atoms with E-state index in [9.17, 15) is 14.4 Å². The molecule has 0 spiro atoms. The van der Waals surface area contributed by atoms with Gasteiger partial charge in [0.25, 0.3) is 11.5 Å². The summed E-state index contributed by atoms with van der Waals surface area (Å²) in [5.74, 6) is 0.700. The molecule has 4 heterocycles. The van der Waals surface area contributed by atoms with E-state index >= 15 is 0 Å². The van der Waals surface area contributed by atoms with Gasteiger partial charge in [0, 0.05) is 33.1 Å². The molecule has 1 atom stereocenters. The predicted octanol–water partition coefficient (Wildman–Crippen LogP) is 1.04. The monoisotopic (exact) mass is 373 g/mol. The second-order valence-corrected chi connectivity index (χ2v) is 7.54. The highest BCUT2D eigenvalue weighted by Gasteiger charge is 2.28. The summed E-state index contributed by atoms with van der Waals surface area (Å²) in [6, 6.07) is 3.70. The number of nitrogens with one attached hydrogen (secondary N) is 1. The number of carbonyl (C=O) groups excluding carboxylic acids is 1. The first-order chi connectivity index (χ1) is 12.5. The summed E-state index contributed by atoms with van der Waals surface area (Å²) < 4.78 is 2.44. The lowest BCUT2D eigenvalue weighted by atomic mass is 9.97. The van der Waals surface area contributed by atoms with Gasteiger partial charge in [-0.15, -0.1) is 11.3 Å². The van der Waals surface area contributed by atoms with Gasteiger partial charge in [-0.1, -0.05) is 6.07 Å². The van der Waals surface area contributed by atoms with E-state index in [2.05, 4.69) is 9.97 Å². The van der Waals surface area contributed by atoms with Crippen molar-refractivity contribution in [2.45, 2.75) is 18.8 Å². The van der Waals surface area contributed by atoms with Gasteiger partial charge in [-0.3, -0.25) is 18.7 Å². The molecule has 0 saturated carbocycles. The first kappa shape index (κ1) is 16.8. The van der Waals surface area contributed by atoms with Crippen LogP contribution in [0.2, 0.25) is 0 Å². The van der Waals surface area contributed by atoms with Crippen LogP contribution in [0.1, 0.15) is 34.3 Å². The molecule has 4 rings (SSSR count). The van der Waals surface area contributed by atoms with Gasteiger partial charge in [-0.05, 0) is 24.3 Å². The first-order valence-corrected chi connectivity index (χ1v) is 9.33. The molecule has 0 bridgehead atoms. The predicted molar refractivity (Wildman–Crippen MR) is 98.8 cm³/mol. The maximum atomic E-state index is 12.6. The molecule has 0 radical (unpaired) electrons. The molecule has 1 aliphatic rings. The summed E-state index contributed by atoms with van der Waals surface area (Å²) >= 11 is 1.44. The van der Waals surface area contributed by atoms with Crippen LogP contribution < -0.4 is 11.2 Å². The van der Waals surface area contributed by atoms with Crippen LogP contribution >= 0.6 is 11.3 Å². The number of amides is 1. The number of thiophene rings is 1. The van der Waals surface area contributed by atoms with Gasteiger partial charge in [0.15, 0.2) is 5.65 Å². The van der Waals surface area contributed by atoms with Crippen molar-refractivity contribution >= 4 is 28.4 Å². The number of aryl methyl sites for hydroxylation is 1. The Morgan fingerprint density at radius 3 is 2.85 bits per heavy atom. The van der Waals surface area contributed by atoms with Crippen molar-refractivity contribution in [3.05, 3.63) is 49.1 Å². The fraction of sp³-hybridized carbons (Fsp3) is 0.412. The molecule has 1 aliphatic heterocycles. The number of rotatable bonds is 2. The molecule has 1 fully saturated rings. The lowest BCUT2D eigenvalue weighted by Crippen LogP contribution is -2.39. The van der Waals surface area contributed by atoms with E-state index in [-0.39, 0.29) is 17.4 Å². The quantitative estimate of drug-likeness (QED) is 0.726. The molecule has 1 N–H and O–H groups in total. The fourth-order valence-corrected chi connectivity index (χ4v) is 4.17. The molecule has 1 amide bonds. The van der Waals surface area contributed by atoms with Gasteiger partial charge >= 0.3 is 5.69 Å². The number of nitrogens with zero attached hydrogens (tertiary/aromatic N) is 4. The van der Waals surface area contributed by atoms with Crippen LogP contribution in [0.25, 0.3) is 11.2 Å². The minimum Gasteiger partial charge on any atom is -0.337 e. The van der Waals surface area contributed by atoms with Gasteiger partial charge < -0.3 is 9.88 Å². The van der Waals surface area contributed by atoms with E-state index in [1.807, 2.05) is 22.4 Å². The number of hydrogen-bond donors (Lipinski definition) is 1. The van der Waals surface area contributed by atoms with Crippen LogP contribution in [0, 0.1) is 0 Å². The maximum Gasteiger partial charge on any atom is 0.332 e. The average Bonchev–Trinajstić information content (AvgIpc) is 3.34. The Morgan fingerprint density at radius 2 is 2.12 bits per heavy atom. The molecule has 26 heavy (non-hydrogen) atoms. The zero-order valence-corrected chi connectivity index (χ0v) is 15.4. The number of H-pyrrole nitrogens is 1. The Morgan fingerprint density at radius 1 is 1.31 bits per heavy atom. The Bertz CT molecular complexity index is 1090. The smallest absolute Gasteiger partial charge is 0.332 e. The van der Waals surface area contributed by atoms with Gasteiger partial charge in [-0.25, -0.2) is 9.78 Å². The molecule has 9 heteroatoms. The highest BCUT2D eigenvalue weighted by Crippen LogP contribution is 2.27. The van der Waals surface area contributed by atoms with Crippen LogP contribution in [-0.2, 0) is 14.1 Å². The van der Waals surface area contributed by atoms with Crippen molar-refractivity contribution in [2.75, 3.05) is 13.1 Å². The van der Waals surface area contributed by atoms with Crippen molar-refractivity contribution in [1.82, 2.24) is 24.0 Å². The van der Waals surface area contributed by atoms with Gasteiger partial charge in [-0.2, -0.15) is 0 Å². The zero-order chi connectivity index (χ0) is 18.4. The van der Waals surface area contributed by atoms with Crippen LogP contribution in [0.3, 0.4) is 0 Å². The maximum absolute atomic E-state index is 12.6. The zero-order valence-electron chi connectivity index (χ0n) is 14.6. The summed E-state index contributed by atoms with van der Waals surface area (Å²) in [5, 5.41) is 1.89. The van der Waals surface area contributed by atoms with Crippen molar-refractivity contribution in [1.29, 1.82) is 0 Å². The Kier molecular flexibility index (Phi) is 4.03. The highest BCUT2D eigenvalue weighted by atomic mass is 32.1. The molecule has 0 aromatic carbocycles. The largest absolute Gasteiger partial charge is 0.337 e. The van der Waals surface area contributed by atoms with Crippen molar-refractivity contribution < 1.29 is 4.79 Å². The number of imidazole rings is 1. The molecule has 1 saturated heterocycles. The summed E-state index contributed by atoms with van der Waals surface area (Å²) in [4.78, 5) is 47.2. The third-order valence-electron chi connectivity index (χ3n) is 4.94. The summed E-state index contributed by atoms with van der Waals surface area (Å²) in [6.45, 7) is 1.26. The Hall–Kier alpha value is -2.68. The standard InChI is InChI=1S/C17H19N5O3S/c1-20-14-12(16(24)21(2)17(20)25)18-13(19-14)10-5-3-7-22(9-10)15(23)11-6-4-8-26-11/h4,6,8,10H,3,5,7,9H2,1-2H3,(H,18,19). The SMILES string of the molecule is Cn1c(=O)c2[nH]c(C3CCCN(C(=O)c4cccs4)C3)nc2n(C)c1=O. The van der Waals surface area contributed by atoms with Crippen LogP contribution in [0.4, 0.5) is 0 Å². The van der Waals surface area contributed by atoms with Crippen molar-refractivity contribution in [2.24, 2.45) is 14.1 Å². The van der Waals surface area contributed by atoms with Gasteiger partial charge in [0.05, 0.1) is 4.88 Å². The third kappa shape index (κ3) is 2.59. The topological polar surface area (TPSA) is 93.0 Å². The van der Waals surface area contributed by atoms with E-state index in [0.717, 1.165) is 22.3 Å². The van der Waals surface area contributed by atoms with E-state index in [1.54, 1.807) is 7.05 Å². The van der Waals surface area contributed by atoms with E-state index in [1.165, 1.54) is 23.0 Å². The minimum atomic E-state index is -0.404. The van der Waals surface area contributed by atoms with E-state index < -0.39 is 5.69 Å². The Balaban J connectivity index is 1.68. The first-order valence-electron chi connectivity index (χ1n) is 8.45. The summed E-state index contributed by atoms with van der Waals surface area (Å²) in [7, 11) is 3.05. The second-order valence-electron chi connectivity index (χ2n) is 6.59. The summed E-state index contributed by atoms with van der Waals surface area (Å²) in [6.07, 6.45) is 1.75. The number of piperidine rings is 1. The molecule has 0 aliphatic carbocycles. The number of fused-ring (bicyclic) bond motifs is 1. The minimum absolute atomic E-state index is 0.0138. The van der Waals surface area contributed by atoms with E-state index in [4.69, 9.17) is 0 Å². The number of carbonyl (C=O) groups is 1. The molecule has 136 valence electrons. The molecule has 3 aromatic heterocycles. The molecule has 8 nitrogen and oxygen atoms in total. The second kappa shape index (κ2) is 6.24. The van der Waals surface area contributed by atoms with Crippen LogP contribution in [-0.4, -0.2) is 43.0 Å². The molecular formula is C17H19N5O3S. The summed E-state index contributed by atoms with van der Waals surface area (Å²) in [5.41, 5.74) is -0.107. The third-order valence-corrected chi connectivity index (χ3v) is 5.80. The highest BCUT2D eigenvalue weighted by molar-refractivity contribution is 7.12. The van der Waals surface area contributed by atoms with Crippen LogP contribution in [0.5, 0.6) is 0 Å². The van der Waals surface area contributed by atoms with Gasteiger partial charge in [0.1, 0.15) is 11.3 Å². The van der Waals surface area contributed by atoms with Crippen molar-refractivity contribution in [3.8, 4) is 0 Å². The lowest BCUT2D eigenvalue weighted by Gasteiger charge is -2.31. The fourth-order valence-electron chi connectivity index (χ4n) is 3.48. The molecular weight excluding hydrogens is 354 g/mol. The van der Waals surface area contributed by atoms with Crippen molar-refractivity contribution in [3.63, 3.8) is 0 Å². The molecule has 1 unspecified atom stereocenters. The van der Waals surface area contributed by atoms with Crippen LogP contribution in [0.15, 0.2) is 27.1 Å². The number of aromatic nitrogens is 4. The molecule has 3 aromatic rings. The lowest BCUT2D eigenvalue weighted by molar-refractivity contribution is 0.0710. The average molecular weight is 373 g/mol. The normalized spacial score (nSPS) is 17.8. The van der Waals surface area contributed by atoms with E-state index in [0.29, 0.717) is 30.1 Å².